The maximum atomic E-state index is 11.3. The van der Waals surface area contributed by atoms with Crippen molar-refractivity contribution in [1.29, 1.82) is 0 Å². The van der Waals surface area contributed by atoms with Gasteiger partial charge in [0.2, 0.25) is 12.3 Å². The topological polar surface area (TPSA) is 78.7 Å². The van der Waals surface area contributed by atoms with Gasteiger partial charge in [0.05, 0.1) is 0 Å². The minimum atomic E-state index is -0.279. The molecule has 0 aromatic heterocycles. The number of piperazine rings is 1. The Kier molecular flexibility index (Phi) is 5.73. The normalized spacial score (nSPS) is 17.0. The molecule has 1 aliphatic heterocycles. The molecule has 1 heterocycles. The number of benzene rings is 2. The lowest BCUT2D eigenvalue weighted by Gasteiger charge is -2.44. The van der Waals surface area contributed by atoms with Crippen LogP contribution in [-0.4, -0.2) is 38.0 Å². The Hall–Kier alpha value is -3.02. The Morgan fingerprint density at radius 2 is 1.88 bits per heavy atom. The van der Waals surface area contributed by atoms with Gasteiger partial charge in [-0.15, -0.1) is 0 Å². The van der Waals surface area contributed by atoms with Gasteiger partial charge in [-0.3, -0.25) is 9.59 Å². The van der Waals surface area contributed by atoms with Crippen LogP contribution >= 0.6 is 0 Å². The highest BCUT2D eigenvalue weighted by Crippen LogP contribution is 2.27. The molecular formula is C20H24N4O2. The molecule has 3 rings (SSSR count). The Morgan fingerprint density at radius 3 is 2.62 bits per heavy atom. The fourth-order valence-electron chi connectivity index (χ4n) is 3.47. The van der Waals surface area contributed by atoms with Gasteiger partial charge < -0.3 is 20.9 Å². The molecule has 26 heavy (non-hydrogen) atoms. The van der Waals surface area contributed by atoms with Gasteiger partial charge in [0.25, 0.3) is 0 Å². The van der Waals surface area contributed by atoms with Crippen molar-refractivity contribution in [2.75, 3.05) is 34.8 Å². The lowest BCUT2D eigenvalue weighted by molar-refractivity contribution is -0.118. The second-order valence-electron chi connectivity index (χ2n) is 6.45. The minimum absolute atomic E-state index is 0.169. The van der Waals surface area contributed by atoms with Gasteiger partial charge in [0.15, 0.2) is 0 Å². The van der Waals surface area contributed by atoms with Crippen molar-refractivity contribution < 1.29 is 9.59 Å². The highest BCUT2D eigenvalue weighted by molar-refractivity contribution is 5.74. The molecule has 1 aliphatic rings. The zero-order chi connectivity index (χ0) is 18.4. The molecule has 0 bridgehead atoms. The van der Waals surface area contributed by atoms with Crippen molar-refractivity contribution in [3.05, 3.63) is 54.6 Å². The molecule has 2 amide bonds. The van der Waals surface area contributed by atoms with Crippen LogP contribution in [-0.2, 0) is 9.59 Å². The average Bonchev–Trinajstić information content (AvgIpc) is 2.67. The monoisotopic (exact) mass is 352 g/mol. The maximum absolute atomic E-state index is 11.3. The van der Waals surface area contributed by atoms with E-state index >= 15 is 0 Å². The number of anilines is 3. The highest BCUT2D eigenvalue weighted by Gasteiger charge is 2.27. The fourth-order valence-corrected chi connectivity index (χ4v) is 3.47. The van der Waals surface area contributed by atoms with Crippen LogP contribution in [0.25, 0.3) is 0 Å². The van der Waals surface area contributed by atoms with Crippen molar-refractivity contribution in [2.24, 2.45) is 5.73 Å². The standard InChI is InChI=1S/C20H24N4O2/c21-20(26)10-9-19-14-23(17-6-2-1-3-7-17)11-12-24(19)18-8-4-5-16(13-18)22-15-25/h1-8,13,15,19H,9-12,14H2,(H2,21,26)(H,22,25). The lowest BCUT2D eigenvalue weighted by Crippen LogP contribution is -2.53. The highest BCUT2D eigenvalue weighted by atomic mass is 16.1. The first-order valence-electron chi connectivity index (χ1n) is 8.82. The number of hydrogen-bond donors (Lipinski definition) is 2. The molecule has 0 radical (unpaired) electrons. The van der Waals surface area contributed by atoms with E-state index in [0.29, 0.717) is 19.3 Å². The van der Waals surface area contributed by atoms with Crippen LogP contribution in [0.2, 0.25) is 0 Å². The number of carbonyl (C=O) groups excluding carboxylic acids is 2. The number of nitrogens with two attached hydrogens (primary N) is 1. The van der Waals surface area contributed by atoms with Gasteiger partial charge in [-0.1, -0.05) is 24.3 Å². The Morgan fingerprint density at radius 1 is 1.12 bits per heavy atom. The van der Waals surface area contributed by atoms with Crippen molar-refractivity contribution in [3.63, 3.8) is 0 Å². The van der Waals surface area contributed by atoms with E-state index in [4.69, 9.17) is 5.73 Å². The average molecular weight is 352 g/mol. The summed E-state index contributed by atoms with van der Waals surface area (Å²) >= 11 is 0. The fraction of sp³-hybridized carbons (Fsp3) is 0.300. The number of primary amides is 1. The summed E-state index contributed by atoms with van der Waals surface area (Å²) in [6.45, 7) is 2.55. The molecule has 6 heteroatoms. The molecule has 6 nitrogen and oxygen atoms in total. The lowest BCUT2D eigenvalue weighted by atomic mass is 10.0. The predicted octanol–water partition coefficient (Wildman–Crippen LogP) is 2.22. The Labute approximate surface area is 153 Å². The van der Waals surface area contributed by atoms with E-state index in [9.17, 15) is 9.59 Å². The molecule has 1 saturated heterocycles. The van der Waals surface area contributed by atoms with E-state index in [1.807, 2.05) is 42.5 Å². The van der Waals surface area contributed by atoms with Gasteiger partial charge in [0, 0.05) is 49.2 Å². The van der Waals surface area contributed by atoms with Gasteiger partial charge in [-0.2, -0.15) is 0 Å². The second-order valence-corrected chi connectivity index (χ2v) is 6.45. The van der Waals surface area contributed by atoms with E-state index in [1.165, 1.54) is 5.69 Å². The van der Waals surface area contributed by atoms with Gasteiger partial charge in [0.1, 0.15) is 0 Å². The summed E-state index contributed by atoms with van der Waals surface area (Å²) in [7, 11) is 0. The van der Waals surface area contributed by atoms with Crippen molar-refractivity contribution >= 4 is 29.4 Å². The van der Waals surface area contributed by atoms with E-state index < -0.39 is 0 Å². The predicted molar refractivity (Wildman–Crippen MR) is 104 cm³/mol. The summed E-state index contributed by atoms with van der Waals surface area (Å²) in [6.07, 6.45) is 1.73. The first-order chi connectivity index (χ1) is 12.7. The van der Waals surface area contributed by atoms with Crippen LogP contribution < -0.4 is 20.9 Å². The summed E-state index contributed by atoms with van der Waals surface area (Å²) in [5, 5.41) is 2.69. The van der Waals surface area contributed by atoms with E-state index in [0.717, 1.165) is 31.0 Å². The van der Waals surface area contributed by atoms with Gasteiger partial charge in [-0.25, -0.2) is 0 Å². The molecule has 136 valence electrons. The summed E-state index contributed by atoms with van der Waals surface area (Å²) in [6, 6.07) is 18.2. The molecule has 2 aromatic rings. The Balaban J connectivity index is 1.80. The summed E-state index contributed by atoms with van der Waals surface area (Å²) in [5.41, 5.74) is 8.37. The molecule has 0 saturated carbocycles. The van der Waals surface area contributed by atoms with Crippen molar-refractivity contribution in [3.8, 4) is 0 Å². The van der Waals surface area contributed by atoms with Crippen LogP contribution in [0.5, 0.6) is 0 Å². The number of rotatable bonds is 7. The minimum Gasteiger partial charge on any atom is -0.370 e. The zero-order valence-corrected chi connectivity index (χ0v) is 14.7. The summed E-state index contributed by atoms with van der Waals surface area (Å²) in [5.74, 6) is -0.279. The number of carbonyl (C=O) groups is 2. The van der Waals surface area contributed by atoms with Crippen molar-refractivity contribution in [1.82, 2.24) is 0 Å². The first kappa shape index (κ1) is 17.8. The SMILES string of the molecule is NC(=O)CCC1CN(c2ccccc2)CCN1c1cccc(NC=O)c1. The van der Waals surface area contributed by atoms with Crippen LogP contribution in [0, 0.1) is 0 Å². The summed E-state index contributed by atoms with van der Waals surface area (Å²) in [4.78, 5) is 26.7. The third-order valence-electron chi connectivity index (χ3n) is 4.73. The smallest absolute Gasteiger partial charge is 0.217 e. The van der Waals surface area contributed by atoms with Crippen LogP contribution in [0.4, 0.5) is 17.1 Å². The summed E-state index contributed by atoms with van der Waals surface area (Å²) < 4.78 is 0. The molecule has 0 aliphatic carbocycles. The third kappa shape index (κ3) is 4.33. The molecule has 1 fully saturated rings. The van der Waals surface area contributed by atoms with Gasteiger partial charge in [-0.05, 0) is 36.8 Å². The molecule has 2 aromatic carbocycles. The molecule has 0 spiro atoms. The van der Waals surface area contributed by atoms with E-state index in [2.05, 4.69) is 27.2 Å². The number of nitrogens with one attached hydrogen (secondary N) is 1. The molecule has 3 N–H and O–H groups in total. The van der Waals surface area contributed by atoms with Crippen LogP contribution in [0.3, 0.4) is 0 Å². The number of para-hydroxylation sites is 1. The number of hydrogen-bond acceptors (Lipinski definition) is 4. The zero-order valence-electron chi connectivity index (χ0n) is 14.7. The molecular weight excluding hydrogens is 328 g/mol. The molecule has 1 atom stereocenters. The quantitative estimate of drug-likeness (QED) is 0.749. The molecule has 1 unspecified atom stereocenters. The second kappa shape index (κ2) is 8.38. The third-order valence-corrected chi connectivity index (χ3v) is 4.73. The van der Waals surface area contributed by atoms with Crippen molar-refractivity contribution in [2.45, 2.75) is 18.9 Å². The van der Waals surface area contributed by atoms with E-state index in [1.54, 1.807) is 0 Å². The van der Waals surface area contributed by atoms with Crippen LogP contribution in [0.1, 0.15) is 12.8 Å². The van der Waals surface area contributed by atoms with Gasteiger partial charge >= 0.3 is 0 Å². The largest absolute Gasteiger partial charge is 0.370 e. The Bertz CT molecular complexity index is 750. The number of nitrogens with zero attached hydrogens (tertiary/aromatic N) is 2. The van der Waals surface area contributed by atoms with E-state index in [-0.39, 0.29) is 11.9 Å². The van der Waals surface area contributed by atoms with Crippen LogP contribution in [0.15, 0.2) is 54.6 Å². The first-order valence-corrected chi connectivity index (χ1v) is 8.82. The number of amides is 2. The maximum Gasteiger partial charge on any atom is 0.217 e.